The Morgan fingerprint density at radius 2 is 2.00 bits per heavy atom. The van der Waals surface area contributed by atoms with Gasteiger partial charge in [-0.05, 0) is 45.2 Å². The summed E-state index contributed by atoms with van der Waals surface area (Å²) < 4.78 is 0. The van der Waals surface area contributed by atoms with E-state index in [1.807, 2.05) is 0 Å². The zero-order valence-corrected chi connectivity index (χ0v) is 9.54. The van der Waals surface area contributed by atoms with Crippen molar-refractivity contribution in [2.24, 2.45) is 11.8 Å². The Labute approximate surface area is 96.4 Å². The number of nitriles is 1. The molecule has 0 aromatic carbocycles. The average molecular weight is 221 g/mol. The Balaban J connectivity index is 1.84. The number of nitrogens with one attached hydrogen (secondary N) is 2. The molecular weight excluding hydrogens is 202 g/mol. The maximum absolute atomic E-state index is 12.0. The van der Waals surface area contributed by atoms with Crippen LogP contribution in [0.15, 0.2) is 0 Å². The molecule has 0 spiro atoms. The highest BCUT2D eigenvalue weighted by Gasteiger charge is 2.30. The van der Waals surface area contributed by atoms with Crippen LogP contribution in [-0.4, -0.2) is 25.0 Å². The van der Waals surface area contributed by atoms with Crippen molar-refractivity contribution in [3.05, 3.63) is 0 Å². The van der Waals surface area contributed by atoms with E-state index in [0.717, 1.165) is 45.2 Å². The normalized spacial score (nSPS) is 30.9. The van der Waals surface area contributed by atoms with E-state index in [1.54, 1.807) is 0 Å². The van der Waals surface area contributed by atoms with Crippen molar-refractivity contribution in [2.75, 3.05) is 13.1 Å². The number of hydrogen-bond acceptors (Lipinski definition) is 3. The molecule has 0 radical (unpaired) electrons. The predicted octanol–water partition coefficient (Wildman–Crippen LogP) is 0.794. The summed E-state index contributed by atoms with van der Waals surface area (Å²) in [5, 5.41) is 15.3. The van der Waals surface area contributed by atoms with Gasteiger partial charge in [0, 0.05) is 12.0 Å². The summed E-state index contributed by atoms with van der Waals surface area (Å²) in [6.07, 6.45) is 4.82. The molecule has 1 aliphatic heterocycles. The molecule has 1 saturated carbocycles. The van der Waals surface area contributed by atoms with Crippen LogP contribution < -0.4 is 10.6 Å². The lowest BCUT2D eigenvalue weighted by molar-refractivity contribution is -0.126. The minimum Gasteiger partial charge on any atom is -0.352 e. The SMILES string of the molecule is N#CC1CCCC1NC(=O)C1CCNCC1. The minimum atomic E-state index is 0.0330. The van der Waals surface area contributed by atoms with Gasteiger partial charge >= 0.3 is 0 Å². The monoisotopic (exact) mass is 221 g/mol. The number of amides is 1. The first kappa shape index (κ1) is 11.4. The Bertz CT molecular complexity index is 291. The molecular formula is C12H19N3O. The van der Waals surface area contributed by atoms with Crippen molar-refractivity contribution in [3.8, 4) is 6.07 Å². The molecule has 4 heteroatoms. The molecule has 2 atom stereocenters. The number of carbonyl (C=O) groups excluding carboxylic acids is 1. The molecule has 0 aromatic rings. The molecule has 2 aliphatic rings. The van der Waals surface area contributed by atoms with Crippen LogP contribution in [0.2, 0.25) is 0 Å². The summed E-state index contributed by atoms with van der Waals surface area (Å²) in [5.41, 5.74) is 0. The van der Waals surface area contributed by atoms with Crippen LogP contribution in [0.25, 0.3) is 0 Å². The fourth-order valence-corrected chi connectivity index (χ4v) is 2.67. The summed E-state index contributed by atoms with van der Waals surface area (Å²) in [6.45, 7) is 1.87. The molecule has 1 heterocycles. The quantitative estimate of drug-likeness (QED) is 0.724. The number of hydrogen-bond donors (Lipinski definition) is 2. The van der Waals surface area contributed by atoms with Gasteiger partial charge in [0.05, 0.1) is 12.0 Å². The number of carbonyl (C=O) groups is 1. The van der Waals surface area contributed by atoms with Gasteiger partial charge in [-0.2, -0.15) is 5.26 Å². The zero-order chi connectivity index (χ0) is 11.4. The van der Waals surface area contributed by atoms with Gasteiger partial charge in [0.2, 0.25) is 5.91 Å². The van der Waals surface area contributed by atoms with Gasteiger partial charge in [-0.3, -0.25) is 4.79 Å². The minimum absolute atomic E-state index is 0.0330. The summed E-state index contributed by atoms with van der Waals surface area (Å²) in [4.78, 5) is 12.0. The predicted molar refractivity (Wildman–Crippen MR) is 60.5 cm³/mol. The van der Waals surface area contributed by atoms with E-state index in [-0.39, 0.29) is 23.8 Å². The molecule has 16 heavy (non-hydrogen) atoms. The van der Waals surface area contributed by atoms with Crippen molar-refractivity contribution in [2.45, 2.75) is 38.1 Å². The third kappa shape index (κ3) is 2.53. The first-order valence-corrected chi connectivity index (χ1v) is 6.22. The van der Waals surface area contributed by atoms with Crippen molar-refractivity contribution in [1.29, 1.82) is 5.26 Å². The molecule has 2 fully saturated rings. The van der Waals surface area contributed by atoms with Crippen LogP contribution in [0.3, 0.4) is 0 Å². The van der Waals surface area contributed by atoms with Gasteiger partial charge in [0.15, 0.2) is 0 Å². The molecule has 2 unspecified atom stereocenters. The van der Waals surface area contributed by atoms with Crippen molar-refractivity contribution in [1.82, 2.24) is 10.6 Å². The van der Waals surface area contributed by atoms with Gasteiger partial charge < -0.3 is 10.6 Å². The Morgan fingerprint density at radius 1 is 1.25 bits per heavy atom. The van der Waals surface area contributed by atoms with Crippen LogP contribution in [0.4, 0.5) is 0 Å². The third-order valence-corrected chi connectivity index (χ3v) is 3.72. The summed E-state index contributed by atoms with van der Waals surface area (Å²) in [5.74, 6) is 0.348. The first-order chi connectivity index (χ1) is 7.81. The second-order valence-corrected chi connectivity index (χ2v) is 4.81. The molecule has 1 saturated heterocycles. The average Bonchev–Trinajstić information content (AvgIpc) is 2.77. The van der Waals surface area contributed by atoms with Crippen LogP contribution in [0.5, 0.6) is 0 Å². The summed E-state index contributed by atoms with van der Waals surface area (Å²) in [7, 11) is 0. The van der Waals surface area contributed by atoms with E-state index in [1.165, 1.54) is 0 Å². The van der Waals surface area contributed by atoms with E-state index in [9.17, 15) is 4.79 Å². The standard InChI is InChI=1S/C12H19N3O/c13-8-10-2-1-3-11(10)15-12(16)9-4-6-14-7-5-9/h9-11,14H,1-7H2,(H,15,16). The maximum atomic E-state index is 12.0. The van der Waals surface area contributed by atoms with E-state index >= 15 is 0 Å². The Hall–Kier alpha value is -1.08. The molecule has 4 nitrogen and oxygen atoms in total. The van der Waals surface area contributed by atoms with Crippen LogP contribution >= 0.6 is 0 Å². The summed E-state index contributed by atoms with van der Waals surface area (Å²) >= 11 is 0. The summed E-state index contributed by atoms with van der Waals surface area (Å²) in [6, 6.07) is 2.40. The van der Waals surface area contributed by atoms with Crippen molar-refractivity contribution in [3.63, 3.8) is 0 Å². The topological polar surface area (TPSA) is 64.9 Å². The maximum Gasteiger partial charge on any atom is 0.223 e. The molecule has 2 N–H and O–H groups in total. The van der Waals surface area contributed by atoms with Gasteiger partial charge in [-0.15, -0.1) is 0 Å². The van der Waals surface area contributed by atoms with Crippen LogP contribution in [-0.2, 0) is 4.79 Å². The van der Waals surface area contributed by atoms with Gasteiger partial charge in [-0.25, -0.2) is 0 Å². The highest BCUT2D eigenvalue weighted by molar-refractivity contribution is 5.79. The fraction of sp³-hybridized carbons (Fsp3) is 0.833. The number of piperidine rings is 1. The highest BCUT2D eigenvalue weighted by atomic mass is 16.1. The van der Waals surface area contributed by atoms with Crippen LogP contribution in [0, 0.1) is 23.2 Å². The molecule has 2 rings (SSSR count). The second-order valence-electron chi connectivity index (χ2n) is 4.81. The van der Waals surface area contributed by atoms with E-state index in [2.05, 4.69) is 16.7 Å². The molecule has 1 aliphatic carbocycles. The highest BCUT2D eigenvalue weighted by Crippen LogP contribution is 2.25. The zero-order valence-electron chi connectivity index (χ0n) is 9.54. The first-order valence-electron chi connectivity index (χ1n) is 6.22. The Morgan fingerprint density at radius 3 is 2.69 bits per heavy atom. The lowest BCUT2D eigenvalue weighted by Gasteiger charge is -2.24. The lowest BCUT2D eigenvalue weighted by atomic mass is 9.96. The molecule has 88 valence electrons. The van der Waals surface area contributed by atoms with E-state index in [0.29, 0.717) is 0 Å². The van der Waals surface area contributed by atoms with Crippen LogP contribution in [0.1, 0.15) is 32.1 Å². The number of rotatable bonds is 2. The number of nitrogens with zero attached hydrogens (tertiary/aromatic N) is 1. The van der Waals surface area contributed by atoms with Crippen molar-refractivity contribution < 1.29 is 4.79 Å². The van der Waals surface area contributed by atoms with E-state index < -0.39 is 0 Å². The third-order valence-electron chi connectivity index (χ3n) is 3.72. The molecule has 1 amide bonds. The Kier molecular flexibility index (Phi) is 3.79. The lowest BCUT2D eigenvalue weighted by Crippen LogP contribution is -2.43. The molecule has 0 bridgehead atoms. The van der Waals surface area contributed by atoms with Gasteiger partial charge in [0.25, 0.3) is 0 Å². The second kappa shape index (κ2) is 5.31. The molecule has 0 aromatic heterocycles. The van der Waals surface area contributed by atoms with Gasteiger partial charge in [-0.1, -0.05) is 0 Å². The van der Waals surface area contributed by atoms with Gasteiger partial charge in [0.1, 0.15) is 0 Å². The smallest absolute Gasteiger partial charge is 0.223 e. The largest absolute Gasteiger partial charge is 0.352 e. The van der Waals surface area contributed by atoms with Crippen molar-refractivity contribution >= 4 is 5.91 Å². The van der Waals surface area contributed by atoms with E-state index in [4.69, 9.17) is 5.26 Å². The fourth-order valence-electron chi connectivity index (χ4n) is 2.67.